The van der Waals surface area contributed by atoms with E-state index in [9.17, 15) is 0 Å². The molecule has 2 rings (SSSR count). The Hall–Kier alpha value is -0.860. The zero-order chi connectivity index (χ0) is 11.2. The first kappa shape index (κ1) is 11.6. The minimum Gasteiger partial charge on any atom is -0.377 e. The molecule has 1 aromatic carbocycles. The van der Waals surface area contributed by atoms with E-state index in [2.05, 4.69) is 19.1 Å². The van der Waals surface area contributed by atoms with Crippen LogP contribution in [0.25, 0.3) is 0 Å². The SMILES string of the molecule is CCC1OCC1CCOCc1ccccc1. The predicted octanol–water partition coefficient (Wildman–Crippen LogP) is 3.02. The molecule has 0 saturated carbocycles. The first-order chi connectivity index (χ1) is 7.90. The monoisotopic (exact) mass is 220 g/mol. The molecule has 0 aliphatic carbocycles. The average molecular weight is 220 g/mol. The molecule has 0 aromatic heterocycles. The molecule has 1 aliphatic rings. The summed E-state index contributed by atoms with van der Waals surface area (Å²) in [5.41, 5.74) is 1.25. The number of rotatable bonds is 6. The van der Waals surface area contributed by atoms with Gasteiger partial charge in [-0.05, 0) is 18.4 Å². The average Bonchev–Trinajstić information content (AvgIpc) is 2.29. The molecule has 1 aromatic rings. The van der Waals surface area contributed by atoms with E-state index in [0.717, 1.165) is 38.6 Å². The molecule has 2 heteroatoms. The van der Waals surface area contributed by atoms with E-state index in [0.29, 0.717) is 6.10 Å². The minimum absolute atomic E-state index is 0.486. The van der Waals surface area contributed by atoms with Gasteiger partial charge in [0.1, 0.15) is 0 Å². The normalized spacial score (nSPS) is 24.1. The highest BCUT2D eigenvalue weighted by atomic mass is 16.5. The van der Waals surface area contributed by atoms with Crippen LogP contribution in [0.15, 0.2) is 30.3 Å². The van der Waals surface area contributed by atoms with Crippen molar-refractivity contribution in [3.63, 3.8) is 0 Å². The van der Waals surface area contributed by atoms with Gasteiger partial charge in [0, 0.05) is 12.5 Å². The van der Waals surface area contributed by atoms with Crippen LogP contribution in [0.1, 0.15) is 25.3 Å². The minimum atomic E-state index is 0.486. The van der Waals surface area contributed by atoms with Crippen LogP contribution in [0.5, 0.6) is 0 Å². The van der Waals surface area contributed by atoms with Crippen LogP contribution in [0.3, 0.4) is 0 Å². The zero-order valence-electron chi connectivity index (χ0n) is 9.89. The van der Waals surface area contributed by atoms with E-state index in [-0.39, 0.29) is 0 Å². The van der Waals surface area contributed by atoms with Crippen LogP contribution in [0.2, 0.25) is 0 Å². The number of benzene rings is 1. The standard InChI is InChI=1S/C14H20O2/c1-2-14-13(11-16-14)8-9-15-10-12-6-4-3-5-7-12/h3-7,13-14H,2,8-11H2,1H3. The second-order valence-corrected chi connectivity index (χ2v) is 4.37. The summed E-state index contributed by atoms with van der Waals surface area (Å²) < 4.78 is 11.1. The first-order valence-corrected chi connectivity index (χ1v) is 6.13. The van der Waals surface area contributed by atoms with Crippen molar-refractivity contribution in [2.75, 3.05) is 13.2 Å². The molecule has 2 atom stereocenters. The van der Waals surface area contributed by atoms with Crippen LogP contribution < -0.4 is 0 Å². The van der Waals surface area contributed by atoms with Crippen LogP contribution in [-0.2, 0) is 16.1 Å². The second kappa shape index (κ2) is 6.02. The van der Waals surface area contributed by atoms with E-state index in [4.69, 9.17) is 9.47 Å². The van der Waals surface area contributed by atoms with Crippen LogP contribution in [-0.4, -0.2) is 19.3 Å². The summed E-state index contributed by atoms with van der Waals surface area (Å²) in [6.45, 7) is 4.68. The van der Waals surface area contributed by atoms with E-state index in [1.807, 2.05) is 18.2 Å². The van der Waals surface area contributed by atoms with Gasteiger partial charge >= 0.3 is 0 Å². The molecule has 0 amide bonds. The maximum absolute atomic E-state index is 5.66. The van der Waals surface area contributed by atoms with Gasteiger partial charge in [-0.2, -0.15) is 0 Å². The molecule has 1 heterocycles. The summed E-state index contributed by atoms with van der Waals surface area (Å²) in [5.74, 6) is 0.723. The van der Waals surface area contributed by atoms with Crippen LogP contribution in [0, 0.1) is 5.92 Å². The Morgan fingerprint density at radius 3 is 2.75 bits per heavy atom. The topological polar surface area (TPSA) is 18.5 Å². The summed E-state index contributed by atoms with van der Waals surface area (Å²) in [6, 6.07) is 10.3. The van der Waals surface area contributed by atoms with Gasteiger partial charge in [-0.15, -0.1) is 0 Å². The Kier molecular flexibility index (Phi) is 4.37. The molecule has 1 saturated heterocycles. The van der Waals surface area contributed by atoms with Crippen molar-refractivity contribution in [3.05, 3.63) is 35.9 Å². The fourth-order valence-corrected chi connectivity index (χ4v) is 2.09. The van der Waals surface area contributed by atoms with Crippen molar-refractivity contribution < 1.29 is 9.47 Å². The van der Waals surface area contributed by atoms with Gasteiger partial charge in [0.15, 0.2) is 0 Å². The molecule has 0 N–H and O–H groups in total. The molecular formula is C14H20O2. The number of hydrogen-bond acceptors (Lipinski definition) is 2. The van der Waals surface area contributed by atoms with Crippen molar-refractivity contribution in [1.82, 2.24) is 0 Å². The summed E-state index contributed by atoms with van der Waals surface area (Å²) in [6.07, 6.45) is 2.75. The van der Waals surface area contributed by atoms with Crippen LogP contribution in [0.4, 0.5) is 0 Å². The Labute approximate surface area is 97.6 Å². The molecule has 88 valence electrons. The summed E-state index contributed by atoms with van der Waals surface area (Å²) >= 11 is 0. The van der Waals surface area contributed by atoms with Gasteiger partial charge in [-0.25, -0.2) is 0 Å². The van der Waals surface area contributed by atoms with E-state index in [1.54, 1.807) is 0 Å². The molecule has 2 nitrogen and oxygen atoms in total. The lowest BCUT2D eigenvalue weighted by Gasteiger charge is -2.36. The van der Waals surface area contributed by atoms with Gasteiger partial charge in [-0.1, -0.05) is 37.3 Å². The van der Waals surface area contributed by atoms with Crippen molar-refractivity contribution in [2.45, 2.75) is 32.5 Å². The molecule has 0 bridgehead atoms. The maximum atomic E-state index is 5.66. The van der Waals surface area contributed by atoms with Crippen molar-refractivity contribution in [2.24, 2.45) is 5.92 Å². The predicted molar refractivity (Wildman–Crippen MR) is 64.2 cm³/mol. The highest BCUT2D eigenvalue weighted by Gasteiger charge is 2.29. The molecular weight excluding hydrogens is 200 g/mol. The maximum Gasteiger partial charge on any atom is 0.0716 e. The van der Waals surface area contributed by atoms with Gasteiger partial charge in [0.05, 0.1) is 19.3 Å². The molecule has 1 aliphatic heterocycles. The third-order valence-electron chi connectivity index (χ3n) is 3.20. The third-order valence-corrected chi connectivity index (χ3v) is 3.20. The van der Waals surface area contributed by atoms with E-state index in [1.165, 1.54) is 5.56 Å². The summed E-state index contributed by atoms with van der Waals surface area (Å²) in [7, 11) is 0. The zero-order valence-corrected chi connectivity index (χ0v) is 9.89. The van der Waals surface area contributed by atoms with E-state index < -0.39 is 0 Å². The van der Waals surface area contributed by atoms with Gasteiger partial charge in [0.25, 0.3) is 0 Å². The van der Waals surface area contributed by atoms with E-state index >= 15 is 0 Å². The lowest BCUT2D eigenvalue weighted by Crippen LogP contribution is -2.39. The highest BCUT2D eigenvalue weighted by Crippen LogP contribution is 2.26. The Morgan fingerprint density at radius 2 is 2.12 bits per heavy atom. The van der Waals surface area contributed by atoms with Gasteiger partial charge in [-0.3, -0.25) is 0 Å². The smallest absolute Gasteiger partial charge is 0.0716 e. The fourth-order valence-electron chi connectivity index (χ4n) is 2.09. The Bertz CT molecular complexity index is 295. The number of hydrogen-bond donors (Lipinski definition) is 0. The van der Waals surface area contributed by atoms with Gasteiger partial charge < -0.3 is 9.47 Å². The Morgan fingerprint density at radius 1 is 1.31 bits per heavy atom. The molecule has 16 heavy (non-hydrogen) atoms. The quantitative estimate of drug-likeness (QED) is 0.686. The first-order valence-electron chi connectivity index (χ1n) is 6.13. The lowest BCUT2D eigenvalue weighted by atomic mass is 9.93. The fraction of sp³-hybridized carbons (Fsp3) is 0.571. The summed E-state index contributed by atoms with van der Waals surface area (Å²) in [5, 5.41) is 0. The molecule has 1 fully saturated rings. The second-order valence-electron chi connectivity index (χ2n) is 4.37. The Balaban J connectivity index is 1.59. The molecule has 2 unspecified atom stereocenters. The third kappa shape index (κ3) is 3.06. The van der Waals surface area contributed by atoms with Gasteiger partial charge in [0.2, 0.25) is 0 Å². The number of ether oxygens (including phenoxy) is 2. The lowest BCUT2D eigenvalue weighted by molar-refractivity contribution is -0.124. The molecule has 0 spiro atoms. The van der Waals surface area contributed by atoms with Crippen molar-refractivity contribution in [3.8, 4) is 0 Å². The highest BCUT2D eigenvalue weighted by molar-refractivity contribution is 5.13. The molecule has 0 radical (unpaired) electrons. The largest absolute Gasteiger partial charge is 0.377 e. The van der Waals surface area contributed by atoms with Crippen molar-refractivity contribution >= 4 is 0 Å². The van der Waals surface area contributed by atoms with Crippen LogP contribution >= 0.6 is 0 Å². The van der Waals surface area contributed by atoms with Crippen molar-refractivity contribution in [1.29, 1.82) is 0 Å². The summed E-state index contributed by atoms with van der Waals surface area (Å²) in [4.78, 5) is 0.